The summed E-state index contributed by atoms with van der Waals surface area (Å²) in [5.41, 5.74) is 1.28. The fourth-order valence-electron chi connectivity index (χ4n) is 2.88. The summed E-state index contributed by atoms with van der Waals surface area (Å²) in [6, 6.07) is 6.92. The number of rotatable bonds is 6. The molecule has 0 aliphatic carbocycles. The summed E-state index contributed by atoms with van der Waals surface area (Å²) in [5, 5.41) is 11.5. The zero-order chi connectivity index (χ0) is 16.7. The first-order valence-electron chi connectivity index (χ1n) is 8.07. The van der Waals surface area contributed by atoms with Crippen LogP contribution in [0.25, 0.3) is 0 Å². The number of aliphatic hydroxyl groups is 1. The molecule has 1 aromatic carbocycles. The highest BCUT2D eigenvalue weighted by Crippen LogP contribution is 2.23. The summed E-state index contributed by atoms with van der Waals surface area (Å²) in [7, 11) is 0. The van der Waals surface area contributed by atoms with Crippen LogP contribution in [-0.2, 0) is 4.79 Å². The van der Waals surface area contributed by atoms with Gasteiger partial charge in [0.05, 0.1) is 0 Å². The van der Waals surface area contributed by atoms with Gasteiger partial charge in [-0.2, -0.15) is 0 Å². The predicted molar refractivity (Wildman–Crippen MR) is 90.2 cm³/mol. The van der Waals surface area contributed by atoms with Gasteiger partial charge in [-0.25, -0.2) is 0 Å². The maximum absolute atomic E-state index is 12.5. The van der Waals surface area contributed by atoms with Crippen LogP contribution in [0.15, 0.2) is 36.9 Å². The maximum atomic E-state index is 12.5. The zero-order valence-corrected chi connectivity index (χ0v) is 13.3. The molecule has 0 atom stereocenters. The number of piperidine rings is 1. The summed E-state index contributed by atoms with van der Waals surface area (Å²) in [5.74, 6) is 0.379. The average molecular weight is 316 g/mol. The van der Waals surface area contributed by atoms with Gasteiger partial charge in [0.2, 0.25) is 5.91 Å². The largest absolute Gasteiger partial charge is 0.396 e. The lowest BCUT2D eigenvalue weighted by Gasteiger charge is -2.32. The van der Waals surface area contributed by atoms with Crippen molar-refractivity contribution in [3.05, 3.63) is 42.5 Å². The summed E-state index contributed by atoms with van der Waals surface area (Å²) in [4.78, 5) is 25.6. The number of nitrogens with zero attached hydrogens (tertiary/aromatic N) is 1. The Hall–Kier alpha value is -2.14. The molecule has 1 heterocycles. The molecule has 2 N–H and O–H groups in total. The highest BCUT2D eigenvalue weighted by molar-refractivity contribution is 5.99. The standard InChI is InChI=1S/C18H24N2O3/c1-2-17(22)19-16-7-5-15(6-8-16)18(23)20-11-9-14(10-12-20)4-3-13-21/h2,5-8,14,21H,1,3-4,9-13H2,(H,19,22). The number of nitrogens with one attached hydrogen (secondary N) is 1. The number of likely N-dealkylation sites (tertiary alicyclic amines) is 1. The van der Waals surface area contributed by atoms with E-state index in [0.29, 0.717) is 17.2 Å². The molecule has 0 aromatic heterocycles. The maximum Gasteiger partial charge on any atom is 0.253 e. The van der Waals surface area contributed by atoms with Gasteiger partial charge < -0.3 is 15.3 Å². The van der Waals surface area contributed by atoms with E-state index in [1.165, 1.54) is 6.08 Å². The van der Waals surface area contributed by atoms with E-state index < -0.39 is 0 Å². The summed E-state index contributed by atoms with van der Waals surface area (Å²) < 4.78 is 0. The van der Waals surface area contributed by atoms with Gasteiger partial charge in [0, 0.05) is 30.9 Å². The second-order valence-electron chi connectivity index (χ2n) is 5.87. The van der Waals surface area contributed by atoms with Crippen LogP contribution >= 0.6 is 0 Å². The Morgan fingerprint density at radius 1 is 1.26 bits per heavy atom. The van der Waals surface area contributed by atoms with Crippen LogP contribution in [0.3, 0.4) is 0 Å². The molecule has 0 radical (unpaired) electrons. The number of aliphatic hydroxyl groups excluding tert-OH is 1. The molecule has 5 nitrogen and oxygen atoms in total. The minimum atomic E-state index is -0.269. The number of anilines is 1. The van der Waals surface area contributed by atoms with Gasteiger partial charge in [-0.05, 0) is 61.9 Å². The highest BCUT2D eigenvalue weighted by Gasteiger charge is 2.23. The van der Waals surface area contributed by atoms with Crippen molar-refractivity contribution in [3.63, 3.8) is 0 Å². The first-order valence-corrected chi connectivity index (χ1v) is 8.07. The lowest BCUT2D eigenvalue weighted by Crippen LogP contribution is -2.38. The Morgan fingerprint density at radius 3 is 2.48 bits per heavy atom. The lowest BCUT2D eigenvalue weighted by molar-refractivity contribution is -0.111. The van der Waals surface area contributed by atoms with E-state index >= 15 is 0 Å². The Morgan fingerprint density at radius 2 is 1.91 bits per heavy atom. The van der Waals surface area contributed by atoms with Gasteiger partial charge in [0.25, 0.3) is 5.91 Å². The van der Waals surface area contributed by atoms with Crippen molar-refractivity contribution in [2.45, 2.75) is 25.7 Å². The second kappa shape index (κ2) is 8.48. The van der Waals surface area contributed by atoms with Gasteiger partial charge in [-0.1, -0.05) is 6.58 Å². The van der Waals surface area contributed by atoms with Crippen molar-refractivity contribution in [1.29, 1.82) is 0 Å². The third-order valence-corrected chi connectivity index (χ3v) is 4.26. The number of hydrogen-bond donors (Lipinski definition) is 2. The molecular weight excluding hydrogens is 292 g/mol. The number of carbonyl (C=O) groups is 2. The van der Waals surface area contributed by atoms with E-state index in [2.05, 4.69) is 11.9 Å². The Kier molecular flexibility index (Phi) is 6.35. The third-order valence-electron chi connectivity index (χ3n) is 4.26. The van der Waals surface area contributed by atoms with Crippen molar-refractivity contribution < 1.29 is 14.7 Å². The normalized spacial score (nSPS) is 15.3. The smallest absolute Gasteiger partial charge is 0.253 e. The van der Waals surface area contributed by atoms with E-state index in [1.54, 1.807) is 24.3 Å². The van der Waals surface area contributed by atoms with Gasteiger partial charge in [0.1, 0.15) is 0 Å². The van der Waals surface area contributed by atoms with Crippen LogP contribution in [-0.4, -0.2) is 41.5 Å². The van der Waals surface area contributed by atoms with Crippen LogP contribution in [0.2, 0.25) is 0 Å². The minimum Gasteiger partial charge on any atom is -0.396 e. The molecule has 5 heteroatoms. The Balaban J connectivity index is 1.88. The lowest BCUT2D eigenvalue weighted by atomic mass is 9.92. The van der Waals surface area contributed by atoms with E-state index in [1.807, 2.05) is 4.90 Å². The van der Waals surface area contributed by atoms with Gasteiger partial charge >= 0.3 is 0 Å². The van der Waals surface area contributed by atoms with Crippen LogP contribution in [0.1, 0.15) is 36.0 Å². The number of benzene rings is 1. The first-order chi connectivity index (χ1) is 11.1. The molecule has 1 aromatic rings. The van der Waals surface area contributed by atoms with Crippen molar-refractivity contribution in [3.8, 4) is 0 Å². The summed E-state index contributed by atoms with van der Waals surface area (Å²) >= 11 is 0. The first kappa shape index (κ1) is 17.2. The molecular formula is C18H24N2O3. The number of amides is 2. The van der Waals surface area contributed by atoms with Crippen LogP contribution < -0.4 is 5.32 Å². The van der Waals surface area contributed by atoms with Gasteiger partial charge in [0.15, 0.2) is 0 Å². The minimum absolute atomic E-state index is 0.0344. The molecule has 124 valence electrons. The summed E-state index contributed by atoms with van der Waals surface area (Å²) in [6.07, 6.45) is 5.09. The predicted octanol–water partition coefficient (Wildman–Crippen LogP) is 2.44. The van der Waals surface area contributed by atoms with E-state index in [9.17, 15) is 9.59 Å². The van der Waals surface area contributed by atoms with Crippen LogP contribution in [0.4, 0.5) is 5.69 Å². The molecule has 0 bridgehead atoms. The monoisotopic (exact) mass is 316 g/mol. The highest BCUT2D eigenvalue weighted by atomic mass is 16.3. The van der Waals surface area contributed by atoms with Crippen molar-refractivity contribution in [2.75, 3.05) is 25.0 Å². The van der Waals surface area contributed by atoms with E-state index in [4.69, 9.17) is 5.11 Å². The van der Waals surface area contributed by atoms with Crippen molar-refractivity contribution in [2.24, 2.45) is 5.92 Å². The van der Waals surface area contributed by atoms with Crippen LogP contribution in [0, 0.1) is 5.92 Å². The molecule has 2 rings (SSSR count). The molecule has 1 fully saturated rings. The van der Waals surface area contributed by atoms with E-state index in [-0.39, 0.29) is 18.4 Å². The third kappa shape index (κ3) is 4.93. The average Bonchev–Trinajstić information content (AvgIpc) is 2.60. The fourth-order valence-corrected chi connectivity index (χ4v) is 2.88. The van der Waals surface area contributed by atoms with Crippen molar-refractivity contribution in [1.82, 2.24) is 4.90 Å². The molecule has 23 heavy (non-hydrogen) atoms. The molecule has 1 saturated heterocycles. The van der Waals surface area contributed by atoms with Gasteiger partial charge in [-0.3, -0.25) is 9.59 Å². The SMILES string of the molecule is C=CC(=O)Nc1ccc(C(=O)N2CCC(CCCO)CC2)cc1. The molecule has 2 amide bonds. The quantitative estimate of drug-likeness (QED) is 0.792. The number of hydrogen-bond acceptors (Lipinski definition) is 3. The summed E-state index contributed by atoms with van der Waals surface area (Å²) in [6.45, 7) is 5.18. The fraction of sp³-hybridized carbons (Fsp3) is 0.444. The molecule has 0 saturated carbocycles. The zero-order valence-electron chi connectivity index (χ0n) is 13.3. The molecule has 0 spiro atoms. The van der Waals surface area contributed by atoms with E-state index in [0.717, 1.165) is 38.8 Å². The van der Waals surface area contributed by atoms with Crippen LogP contribution in [0.5, 0.6) is 0 Å². The van der Waals surface area contributed by atoms with Crippen molar-refractivity contribution >= 4 is 17.5 Å². The topological polar surface area (TPSA) is 69.6 Å². The molecule has 1 aliphatic rings. The second-order valence-corrected chi connectivity index (χ2v) is 5.87. The Labute approximate surface area is 137 Å². The van der Waals surface area contributed by atoms with Gasteiger partial charge in [-0.15, -0.1) is 0 Å². The number of carbonyl (C=O) groups excluding carboxylic acids is 2. The Bertz CT molecular complexity index is 546. The molecule has 1 aliphatic heterocycles. The molecule has 0 unspecified atom stereocenters.